The summed E-state index contributed by atoms with van der Waals surface area (Å²) >= 11 is 0. The predicted octanol–water partition coefficient (Wildman–Crippen LogP) is 3.79. The van der Waals surface area contributed by atoms with Crippen LogP contribution in [0.4, 0.5) is 0 Å². The van der Waals surface area contributed by atoms with Crippen LogP contribution in [0.3, 0.4) is 0 Å². The van der Waals surface area contributed by atoms with Gasteiger partial charge in [0.25, 0.3) is 5.91 Å². The normalized spacial score (nSPS) is 11.1. The molecule has 0 radical (unpaired) electrons. The fourth-order valence-electron chi connectivity index (χ4n) is 2.10. The Bertz CT molecular complexity index is 735. The van der Waals surface area contributed by atoms with Crippen molar-refractivity contribution in [3.63, 3.8) is 0 Å². The highest BCUT2D eigenvalue weighted by Crippen LogP contribution is 2.28. The molecule has 1 N–H and O–H groups in total. The van der Waals surface area contributed by atoms with E-state index in [1.54, 1.807) is 19.2 Å². The first-order valence-corrected chi connectivity index (χ1v) is 8.28. The van der Waals surface area contributed by atoms with Crippen LogP contribution in [0.2, 0.25) is 0 Å². The number of nitrogens with one attached hydrogen (secondary N) is 1. The molecule has 2 rings (SSSR count). The number of aryl methyl sites for hydroxylation is 1. The van der Waals surface area contributed by atoms with Gasteiger partial charge in [-0.3, -0.25) is 4.79 Å². The van der Waals surface area contributed by atoms with Gasteiger partial charge in [-0.15, -0.1) is 0 Å². The summed E-state index contributed by atoms with van der Waals surface area (Å²) in [5.41, 5.74) is 3.74. The summed E-state index contributed by atoms with van der Waals surface area (Å²) in [5.74, 6) is 2.02. The van der Waals surface area contributed by atoms with Crippen LogP contribution < -0.4 is 14.9 Å². The van der Waals surface area contributed by atoms with Crippen LogP contribution in [-0.4, -0.2) is 25.3 Å². The van der Waals surface area contributed by atoms with Crippen LogP contribution in [0, 0.1) is 12.8 Å². The first-order chi connectivity index (χ1) is 12.0. The average Bonchev–Trinajstić information content (AvgIpc) is 3.00. The molecule has 0 aliphatic heterocycles. The van der Waals surface area contributed by atoms with Gasteiger partial charge in [0.15, 0.2) is 11.5 Å². The van der Waals surface area contributed by atoms with E-state index in [4.69, 9.17) is 13.9 Å². The number of hydrazone groups is 1. The largest absolute Gasteiger partial charge is 0.490 e. The Morgan fingerprint density at radius 2 is 2.08 bits per heavy atom. The molecule has 134 valence electrons. The molecular weight excluding hydrogens is 320 g/mol. The molecule has 0 bridgehead atoms. The number of rotatable bonds is 8. The first-order valence-electron chi connectivity index (χ1n) is 8.28. The lowest BCUT2D eigenvalue weighted by Crippen LogP contribution is -2.17. The van der Waals surface area contributed by atoms with Crippen molar-refractivity contribution < 1.29 is 18.7 Å². The second-order valence-electron chi connectivity index (χ2n) is 5.93. The van der Waals surface area contributed by atoms with Crippen molar-refractivity contribution in [3.05, 3.63) is 47.4 Å². The Morgan fingerprint density at radius 3 is 2.72 bits per heavy atom. The highest BCUT2D eigenvalue weighted by Gasteiger charge is 2.10. The van der Waals surface area contributed by atoms with E-state index in [0.29, 0.717) is 42.0 Å². The fraction of sp³-hybridized carbons (Fsp3) is 0.368. The van der Waals surface area contributed by atoms with Crippen molar-refractivity contribution >= 4 is 12.1 Å². The lowest BCUT2D eigenvalue weighted by Gasteiger charge is -2.13. The van der Waals surface area contributed by atoms with Crippen LogP contribution in [0.15, 0.2) is 40.0 Å². The third kappa shape index (κ3) is 5.38. The molecule has 0 saturated heterocycles. The van der Waals surface area contributed by atoms with E-state index < -0.39 is 0 Å². The summed E-state index contributed by atoms with van der Waals surface area (Å²) in [6.45, 7) is 8.98. The molecule has 1 aromatic heterocycles. The van der Waals surface area contributed by atoms with Crippen molar-refractivity contribution in [1.82, 2.24) is 5.43 Å². The van der Waals surface area contributed by atoms with Crippen molar-refractivity contribution in [3.8, 4) is 11.5 Å². The summed E-state index contributed by atoms with van der Waals surface area (Å²) in [6, 6.07) is 7.14. The van der Waals surface area contributed by atoms with Gasteiger partial charge in [0.1, 0.15) is 5.76 Å². The van der Waals surface area contributed by atoms with E-state index >= 15 is 0 Å². The summed E-state index contributed by atoms with van der Waals surface area (Å²) < 4.78 is 16.5. The number of amides is 1. The molecule has 0 fully saturated rings. The molecule has 6 heteroatoms. The summed E-state index contributed by atoms with van der Waals surface area (Å²) in [7, 11) is 0. The maximum Gasteiger partial charge on any atom is 0.274 e. The standard InChI is InChI=1S/C19H24N2O4/c1-5-23-18-10-15(6-7-17(18)25-12-13(2)3)11-20-21-19(22)16-8-9-24-14(16)4/h6-11,13H,5,12H2,1-4H3,(H,21,22)/b20-11-. The van der Waals surface area contributed by atoms with Gasteiger partial charge in [-0.25, -0.2) is 5.43 Å². The number of ether oxygens (including phenoxy) is 2. The average molecular weight is 344 g/mol. The van der Waals surface area contributed by atoms with E-state index in [0.717, 1.165) is 5.56 Å². The number of benzene rings is 1. The smallest absolute Gasteiger partial charge is 0.274 e. The highest BCUT2D eigenvalue weighted by molar-refractivity contribution is 5.95. The summed E-state index contributed by atoms with van der Waals surface area (Å²) in [6.07, 6.45) is 3.03. The van der Waals surface area contributed by atoms with Gasteiger partial charge in [0.05, 0.1) is 31.3 Å². The van der Waals surface area contributed by atoms with Crippen molar-refractivity contribution in [1.29, 1.82) is 0 Å². The van der Waals surface area contributed by atoms with Crippen LogP contribution >= 0.6 is 0 Å². The Labute approximate surface area is 147 Å². The van der Waals surface area contributed by atoms with E-state index in [9.17, 15) is 4.79 Å². The zero-order valence-corrected chi connectivity index (χ0v) is 15.0. The summed E-state index contributed by atoms with van der Waals surface area (Å²) in [5, 5.41) is 3.98. The second-order valence-corrected chi connectivity index (χ2v) is 5.93. The van der Waals surface area contributed by atoms with Crippen molar-refractivity contribution in [2.75, 3.05) is 13.2 Å². The third-order valence-corrected chi connectivity index (χ3v) is 3.32. The quantitative estimate of drug-likeness (QED) is 0.584. The Hall–Kier alpha value is -2.76. The fourth-order valence-corrected chi connectivity index (χ4v) is 2.10. The molecule has 0 aliphatic rings. The SMILES string of the molecule is CCOc1cc(/C=N\NC(=O)c2ccoc2C)ccc1OCC(C)C. The summed E-state index contributed by atoms with van der Waals surface area (Å²) in [4.78, 5) is 12.0. The van der Waals surface area contributed by atoms with Crippen molar-refractivity contribution in [2.45, 2.75) is 27.7 Å². The Kier molecular flexibility index (Phi) is 6.62. The van der Waals surface area contributed by atoms with E-state index in [-0.39, 0.29) is 5.91 Å². The van der Waals surface area contributed by atoms with Gasteiger partial charge < -0.3 is 13.9 Å². The monoisotopic (exact) mass is 344 g/mol. The van der Waals surface area contributed by atoms with Crippen LogP contribution in [0.5, 0.6) is 11.5 Å². The lowest BCUT2D eigenvalue weighted by molar-refractivity contribution is 0.0953. The van der Waals surface area contributed by atoms with E-state index in [1.807, 2.05) is 25.1 Å². The third-order valence-electron chi connectivity index (χ3n) is 3.32. The number of furan rings is 1. The first kappa shape index (κ1) is 18.6. The molecule has 0 aliphatic carbocycles. The van der Waals surface area contributed by atoms with Gasteiger partial charge in [-0.2, -0.15) is 5.10 Å². The zero-order valence-electron chi connectivity index (χ0n) is 15.0. The topological polar surface area (TPSA) is 73.1 Å². The van der Waals surface area contributed by atoms with Crippen LogP contribution in [-0.2, 0) is 0 Å². The number of hydrogen-bond donors (Lipinski definition) is 1. The Morgan fingerprint density at radius 1 is 1.28 bits per heavy atom. The zero-order chi connectivity index (χ0) is 18.2. The molecule has 0 spiro atoms. The molecule has 1 aromatic carbocycles. The molecule has 0 saturated carbocycles. The second kappa shape index (κ2) is 8.92. The van der Waals surface area contributed by atoms with Crippen molar-refractivity contribution in [2.24, 2.45) is 11.0 Å². The van der Waals surface area contributed by atoms with Crippen LogP contribution in [0.1, 0.15) is 42.5 Å². The van der Waals surface area contributed by atoms with Gasteiger partial charge >= 0.3 is 0 Å². The lowest BCUT2D eigenvalue weighted by atomic mass is 10.2. The molecule has 1 heterocycles. The molecule has 1 amide bonds. The maximum absolute atomic E-state index is 12.0. The minimum atomic E-state index is -0.315. The van der Waals surface area contributed by atoms with Gasteiger partial charge in [0, 0.05) is 0 Å². The molecule has 2 aromatic rings. The van der Waals surface area contributed by atoms with Gasteiger partial charge in [0.2, 0.25) is 0 Å². The molecule has 25 heavy (non-hydrogen) atoms. The maximum atomic E-state index is 12.0. The van der Waals surface area contributed by atoms with Gasteiger partial charge in [-0.1, -0.05) is 13.8 Å². The van der Waals surface area contributed by atoms with E-state index in [2.05, 4.69) is 24.4 Å². The minimum Gasteiger partial charge on any atom is -0.490 e. The number of carbonyl (C=O) groups excluding carboxylic acids is 1. The van der Waals surface area contributed by atoms with E-state index in [1.165, 1.54) is 6.26 Å². The highest BCUT2D eigenvalue weighted by atomic mass is 16.5. The van der Waals surface area contributed by atoms with Crippen LogP contribution in [0.25, 0.3) is 0 Å². The molecule has 6 nitrogen and oxygen atoms in total. The number of nitrogens with zero attached hydrogens (tertiary/aromatic N) is 1. The molecule has 0 unspecified atom stereocenters. The molecule has 0 atom stereocenters. The molecular formula is C19H24N2O4. The Balaban J connectivity index is 2.04. The predicted molar refractivity (Wildman–Crippen MR) is 96.4 cm³/mol. The van der Waals surface area contributed by atoms with Gasteiger partial charge in [-0.05, 0) is 49.6 Å². The number of carbonyl (C=O) groups is 1. The minimum absolute atomic E-state index is 0.315. The number of hydrogen-bond acceptors (Lipinski definition) is 5.